The fraction of sp³-hybridized carbons (Fsp3) is 0.120. The van der Waals surface area contributed by atoms with E-state index in [9.17, 15) is 19.8 Å². The minimum Gasteiger partial charge on any atom is -0.507 e. The van der Waals surface area contributed by atoms with Gasteiger partial charge in [0.25, 0.3) is 11.7 Å². The fourth-order valence-corrected chi connectivity index (χ4v) is 4.36. The molecule has 0 aromatic heterocycles. The third-order valence-electron chi connectivity index (χ3n) is 5.44. The molecule has 1 atom stereocenters. The van der Waals surface area contributed by atoms with Crippen molar-refractivity contribution in [1.82, 2.24) is 0 Å². The van der Waals surface area contributed by atoms with Crippen LogP contribution in [0.4, 0.5) is 5.69 Å². The van der Waals surface area contributed by atoms with Gasteiger partial charge in [0, 0.05) is 5.56 Å². The highest BCUT2D eigenvalue weighted by atomic mass is 79.9. The largest absolute Gasteiger partial charge is 0.507 e. The van der Waals surface area contributed by atoms with Crippen molar-refractivity contribution in [2.75, 3.05) is 19.1 Å². The van der Waals surface area contributed by atoms with E-state index in [1.807, 2.05) is 0 Å². The predicted octanol–water partition coefficient (Wildman–Crippen LogP) is 4.80. The van der Waals surface area contributed by atoms with E-state index in [1.165, 1.54) is 25.2 Å². The summed E-state index contributed by atoms with van der Waals surface area (Å²) in [5, 5.41) is 21.6. The highest BCUT2D eigenvalue weighted by molar-refractivity contribution is 9.10. The monoisotopic (exact) mass is 509 g/mol. The summed E-state index contributed by atoms with van der Waals surface area (Å²) in [5.41, 5.74) is 0.963. The zero-order valence-corrected chi connectivity index (χ0v) is 19.4. The first-order valence-corrected chi connectivity index (χ1v) is 10.7. The van der Waals surface area contributed by atoms with Crippen LogP contribution in [0.3, 0.4) is 0 Å². The first-order valence-electron chi connectivity index (χ1n) is 9.94. The highest BCUT2D eigenvalue weighted by Gasteiger charge is 2.47. The molecule has 2 N–H and O–H groups in total. The first-order chi connectivity index (χ1) is 15.9. The molecule has 1 aliphatic rings. The lowest BCUT2D eigenvalue weighted by Gasteiger charge is -2.26. The number of aromatic hydroxyl groups is 1. The van der Waals surface area contributed by atoms with Crippen molar-refractivity contribution in [2.45, 2.75) is 6.04 Å². The summed E-state index contributed by atoms with van der Waals surface area (Å²) in [6, 6.07) is 16.9. The number of nitrogens with zero attached hydrogens (tertiary/aromatic N) is 1. The molecule has 4 rings (SSSR count). The number of carbonyl (C=O) groups is 2. The maximum Gasteiger partial charge on any atom is 0.300 e. The molecule has 1 saturated heterocycles. The second-order valence-electron chi connectivity index (χ2n) is 7.28. The SMILES string of the molecule is COc1ccc(C2/C(=C(/O)c3ccc(OC)c(Br)c3)C(=O)C(=O)N2c2ccccc2O)cc1. The lowest BCUT2D eigenvalue weighted by molar-refractivity contribution is -0.132. The minimum atomic E-state index is -0.968. The van der Waals surface area contributed by atoms with Crippen molar-refractivity contribution in [2.24, 2.45) is 0 Å². The summed E-state index contributed by atoms with van der Waals surface area (Å²) < 4.78 is 11.0. The summed E-state index contributed by atoms with van der Waals surface area (Å²) in [6.07, 6.45) is 0. The number of amides is 1. The summed E-state index contributed by atoms with van der Waals surface area (Å²) in [5.74, 6) is -1.07. The summed E-state index contributed by atoms with van der Waals surface area (Å²) >= 11 is 3.38. The first kappa shape index (κ1) is 22.4. The van der Waals surface area contributed by atoms with Crippen LogP contribution in [-0.4, -0.2) is 36.1 Å². The molecule has 1 aliphatic heterocycles. The summed E-state index contributed by atoms with van der Waals surface area (Å²) in [6.45, 7) is 0. The average Bonchev–Trinajstić information content (AvgIpc) is 3.09. The van der Waals surface area contributed by atoms with Crippen molar-refractivity contribution in [1.29, 1.82) is 0 Å². The number of hydrogen-bond donors (Lipinski definition) is 2. The number of hydrogen-bond acceptors (Lipinski definition) is 6. The number of Topliss-reactive ketones (excluding diaryl/α,β-unsaturated/α-hetero) is 1. The Labute approximate surface area is 198 Å². The smallest absolute Gasteiger partial charge is 0.300 e. The van der Waals surface area contributed by atoms with E-state index in [-0.39, 0.29) is 22.8 Å². The van der Waals surface area contributed by atoms with Gasteiger partial charge in [-0.3, -0.25) is 14.5 Å². The number of aliphatic hydroxyl groups excluding tert-OH is 1. The molecule has 3 aromatic carbocycles. The molecule has 8 heteroatoms. The number of para-hydroxylation sites is 2. The van der Waals surface area contributed by atoms with Gasteiger partial charge in [0.1, 0.15) is 23.0 Å². The molecule has 0 radical (unpaired) electrons. The Hall–Kier alpha value is -3.78. The Morgan fingerprint density at radius 1 is 0.970 bits per heavy atom. The molecule has 0 aliphatic carbocycles. The van der Waals surface area contributed by atoms with Crippen LogP contribution < -0.4 is 14.4 Å². The van der Waals surface area contributed by atoms with Crippen molar-refractivity contribution >= 4 is 39.1 Å². The Balaban J connectivity index is 1.94. The molecule has 1 amide bonds. The summed E-state index contributed by atoms with van der Waals surface area (Å²) in [7, 11) is 3.05. The van der Waals surface area contributed by atoms with Crippen molar-refractivity contribution < 1.29 is 29.3 Å². The molecular weight excluding hydrogens is 490 g/mol. The standard InChI is InChI=1S/C25H20BrNO6/c1-32-16-10-7-14(8-11-16)22-21(23(29)15-9-12-20(33-2)17(26)13-15)24(30)25(31)27(22)18-5-3-4-6-19(18)28/h3-13,22,28-29H,1-2H3/b23-21-. The van der Waals surface area contributed by atoms with Crippen LogP contribution in [0.2, 0.25) is 0 Å². The van der Waals surface area contributed by atoms with Gasteiger partial charge in [0.2, 0.25) is 0 Å². The molecule has 0 spiro atoms. The maximum absolute atomic E-state index is 13.2. The molecule has 7 nitrogen and oxygen atoms in total. The third-order valence-corrected chi connectivity index (χ3v) is 6.06. The van der Waals surface area contributed by atoms with E-state index in [1.54, 1.807) is 60.7 Å². The van der Waals surface area contributed by atoms with E-state index >= 15 is 0 Å². The number of ether oxygens (including phenoxy) is 2. The van der Waals surface area contributed by atoms with E-state index in [2.05, 4.69) is 15.9 Å². The van der Waals surface area contributed by atoms with E-state index in [0.29, 0.717) is 27.1 Å². The van der Waals surface area contributed by atoms with Crippen LogP contribution in [0.15, 0.2) is 76.8 Å². The lowest BCUT2D eigenvalue weighted by atomic mass is 9.95. The maximum atomic E-state index is 13.2. The van der Waals surface area contributed by atoms with Crippen LogP contribution in [0.5, 0.6) is 17.2 Å². The number of carbonyl (C=O) groups excluding carboxylic acids is 2. The van der Waals surface area contributed by atoms with Gasteiger partial charge in [-0.1, -0.05) is 24.3 Å². The van der Waals surface area contributed by atoms with Gasteiger partial charge in [-0.05, 0) is 64.0 Å². The number of methoxy groups -OCH3 is 2. The number of benzene rings is 3. The number of rotatable bonds is 5. The predicted molar refractivity (Wildman–Crippen MR) is 127 cm³/mol. The molecule has 168 valence electrons. The van der Waals surface area contributed by atoms with Crippen LogP contribution in [-0.2, 0) is 9.59 Å². The van der Waals surface area contributed by atoms with Crippen LogP contribution >= 0.6 is 15.9 Å². The van der Waals surface area contributed by atoms with E-state index < -0.39 is 17.7 Å². The minimum absolute atomic E-state index is 0.0921. The number of phenols is 1. The van der Waals surface area contributed by atoms with Gasteiger partial charge in [0.05, 0.1) is 36.0 Å². The molecule has 1 fully saturated rings. The lowest BCUT2D eigenvalue weighted by Crippen LogP contribution is -2.29. The second kappa shape index (κ2) is 8.99. The van der Waals surface area contributed by atoms with Crippen LogP contribution in [0.1, 0.15) is 17.2 Å². The topological polar surface area (TPSA) is 96.3 Å². The van der Waals surface area contributed by atoms with Crippen molar-refractivity contribution in [3.05, 3.63) is 87.9 Å². The fourth-order valence-electron chi connectivity index (χ4n) is 3.82. The van der Waals surface area contributed by atoms with Gasteiger partial charge in [-0.15, -0.1) is 0 Å². The molecule has 0 saturated carbocycles. The van der Waals surface area contributed by atoms with Gasteiger partial charge in [-0.2, -0.15) is 0 Å². The molecule has 0 bridgehead atoms. The molecule has 33 heavy (non-hydrogen) atoms. The Bertz CT molecular complexity index is 1270. The Morgan fingerprint density at radius 2 is 1.67 bits per heavy atom. The van der Waals surface area contributed by atoms with Gasteiger partial charge in [-0.25, -0.2) is 0 Å². The summed E-state index contributed by atoms with van der Waals surface area (Å²) in [4.78, 5) is 27.5. The number of halogens is 1. The number of aliphatic hydroxyl groups is 1. The van der Waals surface area contributed by atoms with Gasteiger partial charge in [0.15, 0.2) is 0 Å². The zero-order chi connectivity index (χ0) is 23.7. The molecule has 3 aromatic rings. The Morgan fingerprint density at radius 3 is 2.27 bits per heavy atom. The van der Waals surface area contributed by atoms with Crippen molar-refractivity contribution in [3.8, 4) is 17.2 Å². The van der Waals surface area contributed by atoms with Gasteiger partial charge >= 0.3 is 0 Å². The van der Waals surface area contributed by atoms with Crippen LogP contribution in [0.25, 0.3) is 5.76 Å². The number of ketones is 1. The van der Waals surface area contributed by atoms with E-state index in [4.69, 9.17) is 9.47 Å². The second-order valence-corrected chi connectivity index (χ2v) is 8.13. The number of anilines is 1. The van der Waals surface area contributed by atoms with E-state index in [0.717, 1.165) is 0 Å². The van der Waals surface area contributed by atoms with Crippen LogP contribution in [0, 0.1) is 0 Å². The average molecular weight is 510 g/mol. The molecule has 1 heterocycles. The zero-order valence-electron chi connectivity index (χ0n) is 17.8. The Kier molecular flexibility index (Phi) is 6.11. The number of phenolic OH excluding ortho intramolecular Hbond substituents is 1. The molecule has 1 unspecified atom stereocenters. The normalized spacial score (nSPS) is 17.3. The third kappa shape index (κ3) is 3.93. The molecular formula is C25H20BrNO6. The van der Waals surface area contributed by atoms with Gasteiger partial charge < -0.3 is 19.7 Å². The quantitative estimate of drug-likeness (QED) is 0.291. The highest BCUT2D eigenvalue weighted by Crippen LogP contribution is 2.45. The van der Waals surface area contributed by atoms with Crippen molar-refractivity contribution in [3.63, 3.8) is 0 Å².